The number of ether oxygens (including phenoxy) is 2. The average molecular weight is 377 g/mol. The van der Waals surface area contributed by atoms with Gasteiger partial charge in [0.05, 0.1) is 18.7 Å². The van der Waals surface area contributed by atoms with Crippen LogP contribution >= 0.6 is 0 Å². The van der Waals surface area contributed by atoms with E-state index in [1.807, 2.05) is 12.1 Å². The van der Waals surface area contributed by atoms with E-state index < -0.39 is 0 Å². The third-order valence-corrected chi connectivity index (χ3v) is 5.99. The number of hydrogen-bond acceptors (Lipinski definition) is 6. The lowest BCUT2D eigenvalue weighted by atomic mass is 9.49. The molecule has 0 spiro atoms. The number of carbonyl (C=O) groups excluding carboxylic acids is 1. The van der Waals surface area contributed by atoms with Crippen molar-refractivity contribution in [3.8, 4) is 11.5 Å². The van der Waals surface area contributed by atoms with E-state index in [4.69, 9.17) is 15.2 Å². The highest BCUT2D eigenvalue weighted by Gasteiger charge is 2.64. The van der Waals surface area contributed by atoms with Crippen LogP contribution in [0.2, 0.25) is 0 Å². The Hall–Kier alpha value is -1.99. The number of amides is 1. The Labute approximate surface area is 161 Å². The number of nitrogen functional groups attached to an aromatic ring is 1. The number of hydrogen-bond donors (Lipinski definition) is 4. The fourth-order valence-corrected chi connectivity index (χ4v) is 4.80. The van der Waals surface area contributed by atoms with Gasteiger partial charge in [0, 0.05) is 42.7 Å². The largest absolute Gasteiger partial charge is 0.494 e. The molecule has 1 aliphatic carbocycles. The van der Waals surface area contributed by atoms with Crippen molar-refractivity contribution < 1.29 is 14.3 Å². The molecule has 150 valence electrons. The van der Waals surface area contributed by atoms with Gasteiger partial charge in [-0.25, -0.2) is 0 Å². The summed E-state index contributed by atoms with van der Waals surface area (Å²) in [6, 6.07) is 5.48. The van der Waals surface area contributed by atoms with Crippen molar-refractivity contribution in [1.29, 1.82) is 0 Å². The van der Waals surface area contributed by atoms with E-state index in [2.05, 4.69) is 43.6 Å². The SMILES string of the molecule is COc1cc(OC2C(C)(C)C(NC(=O)C3CNCNC3)C2(C)C)ccc1N. The van der Waals surface area contributed by atoms with Gasteiger partial charge in [-0.05, 0) is 12.1 Å². The monoisotopic (exact) mass is 376 g/mol. The van der Waals surface area contributed by atoms with Crippen LogP contribution in [0.1, 0.15) is 27.7 Å². The molecule has 3 rings (SSSR count). The number of nitrogens with one attached hydrogen (secondary N) is 3. The Morgan fingerprint density at radius 2 is 1.81 bits per heavy atom. The zero-order valence-electron chi connectivity index (χ0n) is 16.9. The summed E-state index contributed by atoms with van der Waals surface area (Å²) in [5.74, 6) is 1.36. The van der Waals surface area contributed by atoms with Gasteiger partial charge in [0.1, 0.15) is 17.6 Å². The number of anilines is 1. The molecule has 1 heterocycles. The molecule has 1 aromatic carbocycles. The van der Waals surface area contributed by atoms with Crippen molar-refractivity contribution in [3.63, 3.8) is 0 Å². The molecule has 1 amide bonds. The summed E-state index contributed by atoms with van der Waals surface area (Å²) < 4.78 is 11.6. The molecule has 0 radical (unpaired) electrons. The van der Waals surface area contributed by atoms with Crippen LogP contribution in [0.3, 0.4) is 0 Å². The van der Waals surface area contributed by atoms with Crippen LogP contribution in [0, 0.1) is 16.7 Å². The predicted molar refractivity (Wildman–Crippen MR) is 106 cm³/mol. The van der Waals surface area contributed by atoms with Gasteiger partial charge in [0.2, 0.25) is 5.91 Å². The standard InChI is InChI=1S/C20H32N4O3/c1-19(2)17(24-16(25)12-9-22-11-23-10-12)20(3,4)18(19)27-13-6-7-14(21)15(8-13)26-5/h6-8,12,17-18,22-23H,9-11,21H2,1-5H3,(H,24,25). The number of rotatable bonds is 5. The van der Waals surface area contributed by atoms with Gasteiger partial charge in [-0.2, -0.15) is 0 Å². The van der Waals surface area contributed by atoms with Crippen molar-refractivity contribution >= 4 is 11.6 Å². The molecule has 1 saturated carbocycles. The first-order valence-corrected chi connectivity index (χ1v) is 9.50. The summed E-state index contributed by atoms with van der Waals surface area (Å²) >= 11 is 0. The lowest BCUT2D eigenvalue weighted by molar-refractivity contribution is -0.174. The van der Waals surface area contributed by atoms with E-state index in [0.29, 0.717) is 24.5 Å². The van der Waals surface area contributed by atoms with Crippen molar-refractivity contribution in [2.45, 2.75) is 39.8 Å². The van der Waals surface area contributed by atoms with Crippen LogP contribution in [-0.4, -0.2) is 44.9 Å². The molecule has 1 aliphatic heterocycles. The van der Waals surface area contributed by atoms with Crippen molar-refractivity contribution in [1.82, 2.24) is 16.0 Å². The fourth-order valence-electron chi connectivity index (χ4n) is 4.80. The van der Waals surface area contributed by atoms with Crippen molar-refractivity contribution in [3.05, 3.63) is 18.2 Å². The Morgan fingerprint density at radius 3 is 2.41 bits per heavy atom. The number of carbonyl (C=O) groups is 1. The first-order valence-electron chi connectivity index (χ1n) is 9.50. The zero-order valence-corrected chi connectivity index (χ0v) is 16.9. The van der Waals surface area contributed by atoms with Crippen LogP contribution in [0.4, 0.5) is 5.69 Å². The van der Waals surface area contributed by atoms with Crippen molar-refractivity contribution in [2.24, 2.45) is 16.7 Å². The highest BCUT2D eigenvalue weighted by atomic mass is 16.5. The van der Waals surface area contributed by atoms with Gasteiger partial charge >= 0.3 is 0 Å². The molecule has 2 aliphatic rings. The second kappa shape index (κ2) is 7.20. The van der Waals surface area contributed by atoms with Gasteiger partial charge in [-0.15, -0.1) is 0 Å². The Kier molecular flexibility index (Phi) is 5.27. The highest BCUT2D eigenvalue weighted by molar-refractivity contribution is 5.80. The van der Waals surface area contributed by atoms with E-state index in [-0.39, 0.29) is 34.8 Å². The maximum absolute atomic E-state index is 12.7. The minimum absolute atomic E-state index is 0.0279. The van der Waals surface area contributed by atoms with Gasteiger partial charge in [0.15, 0.2) is 0 Å². The van der Waals surface area contributed by atoms with E-state index in [1.165, 1.54) is 0 Å². The summed E-state index contributed by atoms with van der Waals surface area (Å²) in [5.41, 5.74) is 6.06. The molecule has 5 N–H and O–H groups in total. The molecule has 0 bridgehead atoms. The van der Waals surface area contributed by atoms with Crippen LogP contribution in [0.5, 0.6) is 11.5 Å². The molecule has 0 atom stereocenters. The smallest absolute Gasteiger partial charge is 0.225 e. The molecule has 0 aromatic heterocycles. The Morgan fingerprint density at radius 1 is 1.19 bits per heavy atom. The van der Waals surface area contributed by atoms with Crippen LogP contribution in [-0.2, 0) is 4.79 Å². The first-order chi connectivity index (χ1) is 12.7. The third-order valence-electron chi connectivity index (χ3n) is 5.99. The zero-order chi connectivity index (χ0) is 19.8. The number of nitrogens with two attached hydrogens (primary N) is 1. The van der Waals surface area contributed by atoms with Gasteiger partial charge in [0.25, 0.3) is 0 Å². The molecule has 0 unspecified atom stereocenters. The number of methoxy groups -OCH3 is 1. The molecule has 2 fully saturated rings. The second-order valence-electron chi connectivity index (χ2n) is 8.77. The van der Waals surface area contributed by atoms with Gasteiger partial charge in [-0.3, -0.25) is 4.79 Å². The quantitative estimate of drug-likeness (QED) is 0.579. The molecule has 7 nitrogen and oxygen atoms in total. The van der Waals surface area contributed by atoms with Crippen LogP contribution < -0.4 is 31.2 Å². The lowest BCUT2D eigenvalue weighted by Crippen LogP contribution is -2.75. The molecular formula is C20H32N4O3. The summed E-state index contributed by atoms with van der Waals surface area (Å²) in [6.07, 6.45) is -0.0498. The average Bonchev–Trinajstić information content (AvgIpc) is 2.65. The Balaban J connectivity index is 1.70. The van der Waals surface area contributed by atoms with E-state index in [0.717, 1.165) is 12.4 Å². The lowest BCUT2D eigenvalue weighted by Gasteiger charge is -2.63. The topological polar surface area (TPSA) is 97.6 Å². The summed E-state index contributed by atoms with van der Waals surface area (Å²) in [7, 11) is 1.59. The Bertz CT molecular complexity index is 682. The summed E-state index contributed by atoms with van der Waals surface area (Å²) in [5, 5.41) is 9.68. The molecule has 7 heteroatoms. The molecular weight excluding hydrogens is 344 g/mol. The van der Waals surface area contributed by atoms with Crippen LogP contribution in [0.15, 0.2) is 18.2 Å². The first kappa shape index (κ1) is 19.8. The minimum atomic E-state index is -0.205. The van der Waals surface area contributed by atoms with E-state index in [1.54, 1.807) is 13.2 Å². The van der Waals surface area contributed by atoms with E-state index in [9.17, 15) is 4.79 Å². The number of benzene rings is 1. The summed E-state index contributed by atoms with van der Waals surface area (Å²) in [6.45, 7) is 10.7. The summed E-state index contributed by atoms with van der Waals surface area (Å²) in [4.78, 5) is 12.7. The van der Waals surface area contributed by atoms with Gasteiger partial charge in [-0.1, -0.05) is 27.7 Å². The maximum atomic E-state index is 12.7. The third kappa shape index (κ3) is 3.58. The predicted octanol–water partition coefficient (Wildman–Crippen LogP) is 1.34. The molecule has 1 saturated heterocycles. The maximum Gasteiger partial charge on any atom is 0.225 e. The van der Waals surface area contributed by atoms with Gasteiger partial charge < -0.3 is 31.2 Å². The normalized spacial score (nSPS) is 26.7. The molecule has 27 heavy (non-hydrogen) atoms. The fraction of sp³-hybridized carbons (Fsp3) is 0.650. The van der Waals surface area contributed by atoms with E-state index >= 15 is 0 Å². The van der Waals surface area contributed by atoms with Crippen LogP contribution in [0.25, 0.3) is 0 Å². The highest BCUT2D eigenvalue weighted by Crippen LogP contribution is 2.55. The van der Waals surface area contributed by atoms with Crippen molar-refractivity contribution in [2.75, 3.05) is 32.6 Å². The molecule has 1 aromatic rings. The minimum Gasteiger partial charge on any atom is -0.494 e. The second-order valence-corrected chi connectivity index (χ2v) is 8.77.